The number of hydrogen-bond acceptors (Lipinski definition) is 4. The molecule has 0 N–H and O–H groups in total. The Morgan fingerprint density at radius 2 is 1.14 bits per heavy atom. The maximum absolute atomic E-state index is 6.63. The van der Waals surface area contributed by atoms with Gasteiger partial charge in [-0.2, -0.15) is 0 Å². The van der Waals surface area contributed by atoms with Crippen molar-refractivity contribution in [3.8, 4) is 39.6 Å². The van der Waals surface area contributed by atoms with Crippen LogP contribution in [0, 0.1) is 0 Å². The Morgan fingerprint density at radius 3 is 1.96 bits per heavy atom. The van der Waals surface area contributed by atoms with Crippen molar-refractivity contribution in [3.63, 3.8) is 0 Å². The first kappa shape index (κ1) is 28.3. The van der Waals surface area contributed by atoms with Gasteiger partial charge in [0.1, 0.15) is 11.2 Å². The van der Waals surface area contributed by atoms with E-state index < -0.39 is 0 Å². The fourth-order valence-electron chi connectivity index (χ4n) is 7.75. The van der Waals surface area contributed by atoms with Crippen LogP contribution in [0.5, 0.6) is 0 Å². The summed E-state index contributed by atoms with van der Waals surface area (Å²) in [5.74, 6) is 0.671. The van der Waals surface area contributed by atoms with Crippen molar-refractivity contribution in [2.24, 2.45) is 0 Å². The number of fused-ring (bicyclic) bond motifs is 9. The van der Waals surface area contributed by atoms with Crippen molar-refractivity contribution in [1.82, 2.24) is 14.5 Å². The van der Waals surface area contributed by atoms with Gasteiger partial charge in [-0.05, 0) is 42.5 Å². The minimum Gasteiger partial charge on any atom is -0.456 e. The molecule has 7 aromatic carbocycles. The summed E-state index contributed by atoms with van der Waals surface area (Å²) in [5.41, 5.74) is 9.90. The molecule has 0 aliphatic heterocycles. The van der Waals surface area contributed by atoms with Gasteiger partial charge in [-0.25, -0.2) is 9.97 Å². The molecule has 4 aromatic heterocycles. The molecule has 0 spiro atoms. The van der Waals surface area contributed by atoms with E-state index >= 15 is 0 Å². The molecule has 0 atom stereocenters. The molecule has 0 radical (unpaired) electrons. The van der Waals surface area contributed by atoms with Crippen molar-refractivity contribution >= 4 is 75.3 Å². The van der Waals surface area contributed by atoms with Crippen molar-refractivity contribution in [3.05, 3.63) is 164 Å². The lowest BCUT2D eigenvalue weighted by atomic mass is 10.0. The van der Waals surface area contributed by atoms with Gasteiger partial charge in [0.15, 0.2) is 5.82 Å². The molecule has 11 rings (SSSR count). The molecule has 0 saturated heterocycles. The molecular weight excluding hydrogens is 643 g/mol. The van der Waals surface area contributed by atoms with Crippen molar-refractivity contribution in [1.29, 1.82) is 0 Å². The normalized spacial score (nSPS) is 11.9. The summed E-state index contributed by atoms with van der Waals surface area (Å²) in [4.78, 5) is 10.6. The first-order valence-electron chi connectivity index (χ1n) is 17.1. The second-order valence-electron chi connectivity index (χ2n) is 12.9. The molecule has 0 unspecified atom stereocenters. The van der Waals surface area contributed by atoms with Gasteiger partial charge in [0.25, 0.3) is 0 Å². The van der Waals surface area contributed by atoms with Gasteiger partial charge in [-0.3, -0.25) is 0 Å². The molecule has 4 heterocycles. The van der Waals surface area contributed by atoms with Crippen molar-refractivity contribution in [2.75, 3.05) is 0 Å². The quantitative estimate of drug-likeness (QED) is 0.187. The zero-order chi connectivity index (χ0) is 33.5. The van der Waals surface area contributed by atoms with Crippen LogP contribution >= 0.6 is 11.3 Å². The van der Waals surface area contributed by atoms with Crippen LogP contribution in [0.3, 0.4) is 0 Å². The van der Waals surface area contributed by atoms with E-state index in [-0.39, 0.29) is 0 Å². The van der Waals surface area contributed by atoms with E-state index in [1.807, 2.05) is 29.5 Å². The molecule has 0 aliphatic rings. The highest BCUT2D eigenvalue weighted by Gasteiger charge is 2.20. The average molecular weight is 670 g/mol. The lowest BCUT2D eigenvalue weighted by Crippen LogP contribution is -1.96. The predicted molar refractivity (Wildman–Crippen MR) is 213 cm³/mol. The Hall–Kier alpha value is -6.56. The first-order valence-corrected chi connectivity index (χ1v) is 17.9. The highest BCUT2D eigenvalue weighted by atomic mass is 32.1. The molecule has 4 nitrogen and oxygen atoms in total. The summed E-state index contributed by atoms with van der Waals surface area (Å²) in [6.07, 6.45) is 0. The number of aromatic nitrogens is 3. The van der Waals surface area contributed by atoms with Crippen molar-refractivity contribution < 1.29 is 4.42 Å². The third kappa shape index (κ3) is 4.32. The SMILES string of the molecule is c1ccc(-c2cc(-c3cccc4c3sc3ccccc34)nc(-c3cccc4oc5cc(-n6c7ccccc7c7ccccc76)ccc5c34)n2)cc1. The highest BCUT2D eigenvalue weighted by molar-refractivity contribution is 7.26. The molecule has 0 saturated carbocycles. The van der Waals surface area contributed by atoms with E-state index in [4.69, 9.17) is 14.4 Å². The second-order valence-corrected chi connectivity index (χ2v) is 14.0. The Kier molecular flexibility index (Phi) is 6.09. The molecule has 0 bridgehead atoms. The summed E-state index contributed by atoms with van der Waals surface area (Å²) in [5, 5.41) is 7.03. The van der Waals surface area contributed by atoms with E-state index in [0.717, 1.165) is 55.7 Å². The number of para-hydroxylation sites is 2. The first-order chi connectivity index (χ1) is 25.3. The topological polar surface area (TPSA) is 43.9 Å². The number of furan rings is 1. The predicted octanol–water partition coefficient (Wildman–Crippen LogP) is 12.8. The van der Waals surface area contributed by atoms with Crippen molar-refractivity contribution in [2.45, 2.75) is 0 Å². The molecule has 5 heteroatoms. The van der Waals surface area contributed by atoms with Crippen LogP contribution in [0.15, 0.2) is 168 Å². The highest BCUT2D eigenvalue weighted by Crippen LogP contribution is 2.42. The van der Waals surface area contributed by atoms with E-state index in [1.165, 1.54) is 42.0 Å². The van der Waals surface area contributed by atoms with Crippen LogP contribution in [0.25, 0.3) is 104 Å². The van der Waals surface area contributed by atoms with Gasteiger partial charge < -0.3 is 8.98 Å². The third-order valence-electron chi connectivity index (χ3n) is 10.0. The number of benzene rings is 7. The Balaban J connectivity index is 1.14. The minimum absolute atomic E-state index is 0.671. The Morgan fingerprint density at radius 1 is 0.471 bits per heavy atom. The lowest BCUT2D eigenvalue weighted by molar-refractivity contribution is 0.668. The summed E-state index contributed by atoms with van der Waals surface area (Å²) < 4.78 is 11.5. The number of rotatable bonds is 4. The van der Waals surface area contributed by atoms with Crippen LogP contribution < -0.4 is 0 Å². The monoisotopic (exact) mass is 669 g/mol. The maximum Gasteiger partial charge on any atom is 0.161 e. The fraction of sp³-hybridized carbons (Fsp3) is 0. The van der Waals surface area contributed by atoms with Gasteiger partial charge in [-0.15, -0.1) is 11.3 Å². The molecule has 11 aromatic rings. The second kappa shape index (κ2) is 11.0. The number of hydrogen-bond donors (Lipinski definition) is 0. The minimum atomic E-state index is 0.671. The molecule has 0 amide bonds. The number of thiophene rings is 1. The average Bonchev–Trinajstić information content (AvgIpc) is 3.87. The summed E-state index contributed by atoms with van der Waals surface area (Å²) >= 11 is 1.82. The lowest BCUT2D eigenvalue weighted by Gasteiger charge is -2.11. The van der Waals surface area contributed by atoms with Crippen LogP contribution in [0.2, 0.25) is 0 Å². The molecule has 238 valence electrons. The Bertz CT molecular complexity index is 3100. The van der Waals surface area contributed by atoms with Gasteiger partial charge in [-0.1, -0.05) is 115 Å². The standard InChI is InChI=1S/C46H27N3OS/c1-2-12-28(13-3-1)37-27-38(34-18-10-17-33-32-16-6-9-23-43(32)51-45(33)34)48-46(47-37)36-19-11-22-41-44(36)35-25-24-29(26-42(35)50-41)49-39-20-7-4-14-30(39)31-15-5-8-21-40(31)49/h1-27H. The van der Waals surface area contributed by atoms with E-state index in [2.05, 4.69) is 150 Å². The van der Waals surface area contributed by atoms with Gasteiger partial charge in [0.2, 0.25) is 0 Å². The van der Waals surface area contributed by atoms with Crippen LogP contribution in [0.1, 0.15) is 0 Å². The van der Waals surface area contributed by atoms with Gasteiger partial charge in [0.05, 0.1) is 22.4 Å². The summed E-state index contributed by atoms with van der Waals surface area (Å²) in [7, 11) is 0. The van der Waals surface area contributed by atoms with Crippen LogP contribution in [0.4, 0.5) is 0 Å². The Labute approximate surface area is 296 Å². The van der Waals surface area contributed by atoms with E-state index in [9.17, 15) is 0 Å². The fourth-order valence-corrected chi connectivity index (χ4v) is 8.98. The smallest absolute Gasteiger partial charge is 0.161 e. The molecule has 51 heavy (non-hydrogen) atoms. The van der Waals surface area contributed by atoms with Crippen LogP contribution in [-0.2, 0) is 0 Å². The number of nitrogens with zero attached hydrogens (tertiary/aromatic N) is 3. The molecule has 0 aliphatic carbocycles. The molecule has 0 fully saturated rings. The zero-order valence-corrected chi connectivity index (χ0v) is 28.1. The molecular formula is C46H27N3OS. The summed E-state index contributed by atoms with van der Waals surface area (Å²) in [6.45, 7) is 0. The van der Waals surface area contributed by atoms with E-state index in [0.29, 0.717) is 5.82 Å². The van der Waals surface area contributed by atoms with Gasteiger partial charge in [0, 0.05) is 70.2 Å². The summed E-state index contributed by atoms with van der Waals surface area (Å²) in [6, 6.07) is 57.6. The zero-order valence-electron chi connectivity index (χ0n) is 27.2. The van der Waals surface area contributed by atoms with Crippen LogP contribution in [-0.4, -0.2) is 14.5 Å². The van der Waals surface area contributed by atoms with E-state index in [1.54, 1.807) is 0 Å². The maximum atomic E-state index is 6.63. The third-order valence-corrected chi connectivity index (χ3v) is 11.3. The van der Waals surface area contributed by atoms with Gasteiger partial charge >= 0.3 is 0 Å². The largest absolute Gasteiger partial charge is 0.456 e.